The molecule has 32 heavy (non-hydrogen) atoms. The molecule has 4 nitrogen and oxygen atoms in total. The van der Waals surface area contributed by atoms with Crippen LogP contribution >= 0.6 is 0 Å². The highest BCUT2D eigenvalue weighted by Gasteiger charge is 2.11. The predicted octanol–water partition coefficient (Wildman–Crippen LogP) is 6.26. The molecule has 0 amide bonds. The standard InChI is InChI=1S/C27H27FO4/c1-2-19-17-24(22-10-13-23(28)14-11-22)25(29)18-26(19)32-16-6-5-9-20-7-3-4-8-21(20)12-15-27(30)31/h3-5,7-11,13-14,17-18,29H,2,6,12,15-16H2,1H3,(H,30,31). The molecule has 0 saturated carbocycles. The van der Waals surface area contributed by atoms with Gasteiger partial charge in [0.1, 0.15) is 17.3 Å². The number of benzene rings is 3. The molecule has 3 aromatic rings. The van der Waals surface area contributed by atoms with Gasteiger partial charge in [-0.25, -0.2) is 4.39 Å². The highest BCUT2D eigenvalue weighted by Crippen LogP contribution is 2.36. The molecule has 166 valence electrons. The van der Waals surface area contributed by atoms with E-state index in [4.69, 9.17) is 9.84 Å². The minimum Gasteiger partial charge on any atom is -0.507 e. The van der Waals surface area contributed by atoms with Crippen molar-refractivity contribution < 1.29 is 24.1 Å². The summed E-state index contributed by atoms with van der Waals surface area (Å²) in [6.45, 7) is 2.46. The second kappa shape index (κ2) is 11.1. The van der Waals surface area contributed by atoms with Gasteiger partial charge in [-0.2, -0.15) is 0 Å². The Morgan fingerprint density at radius 2 is 1.81 bits per heavy atom. The fourth-order valence-corrected chi connectivity index (χ4v) is 3.50. The van der Waals surface area contributed by atoms with Crippen molar-refractivity contribution in [2.45, 2.75) is 32.6 Å². The van der Waals surface area contributed by atoms with Gasteiger partial charge in [0.25, 0.3) is 0 Å². The van der Waals surface area contributed by atoms with Crippen molar-refractivity contribution in [2.24, 2.45) is 0 Å². The van der Waals surface area contributed by atoms with Crippen LogP contribution in [0.5, 0.6) is 11.5 Å². The molecule has 0 fully saturated rings. The largest absolute Gasteiger partial charge is 0.507 e. The first-order chi connectivity index (χ1) is 15.5. The maximum absolute atomic E-state index is 13.2. The van der Waals surface area contributed by atoms with Gasteiger partial charge in [0.15, 0.2) is 0 Å². The van der Waals surface area contributed by atoms with Crippen molar-refractivity contribution in [1.29, 1.82) is 0 Å². The van der Waals surface area contributed by atoms with Crippen molar-refractivity contribution in [3.63, 3.8) is 0 Å². The number of carboxylic acid groups (broad SMARTS) is 1. The van der Waals surface area contributed by atoms with Crippen LogP contribution in [-0.4, -0.2) is 22.8 Å². The SMILES string of the molecule is CCc1cc(-c2ccc(F)cc2)c(O)cc1OCCC=Cc1ccccc1CCC(=O)O. The van der Waals surface area contributed by atoms with E-state index in [9.17, 15) is 14.3 Å². The Kier molecular flexibility index (Phi) is 8.03. The number of carbonyl (C=O) groups is 1. The van der Waals surface area contributed by atoms with Gasteiger partial charge in [-0.05, 0) is 59.7 Å². The zero-order valence-corrected chi connectivity index (χ0v) is 18.1. The molecule has 0 aliphatic carbocycles. The summed E-state index contributed by atoms with van der Waals surface area (Å²) in [7, 11) is 0. The van der Waals surface area contributed by atoms with E-state index < -0.39 is 5.97 Å². The number of hydrogen-bond acceptors (Lipinski definition) is 3. The van der Waals surface area contributed by atoms with Crippen LogP contribution in [0.15, 0.2) is 66.7 Å². The van der Waals surface area contributed by atoms with E-state index >= 15 is 0 Å². The number of carboxylic acids is 1. The number of phenols is 1. The Morgan fingerprint density at radius 3 is 2.53 bits per heavy atom. The Labute approximate surface area is 187 Å². The molecule has 3 aromatic carbocycles. The maximum Gasteiger partial charge on any atom is 0.303 e. The molecule has 0 atom stereocenters. The minimum atomic E-state index is -0.808. The third kappa shape index (κ3) is 6.20. The zero-order valence-electron chi connectivity index (χ0n) is 18.1. The van der Waals surface area contributed by atoms with Gasteiger partial charge in [0, 0.05) is 18.1 Å². The number of halogens is 1. The lowest BCUT2D eigenvalue weighted by molar-refractivity contribution is -0.136. The van der Waals surface area contributed by atoms with Crippen LogP contribution in [0.2, 0.25) is 0 Å². The number of hydrogen-bond donors (Lipinski definition) is 2. The quantitative estimate of drug-likeness (QED) is 0.370. The average Bonchev–Trinajstić information content (AvgIpc) is 2.79. The van der Waals surface area contributed by atoms with Gasteiger partial charge in [0.05, 0.1) is 6.61 Å². The second-order valence-electron chi connectivity index (χ2n) is 7.47. The summed E-state index contributed by atoms with van der Waals surface area (Å²) in [6, 6.07) is 17.3. The van der Waals surface area contributed by atoms with Gasteiger partial charge in [-0.3, -0.25) is 4.79 Å². The van der Waals surface area contributed by atoms with Crippen molar-refractivity contribution >= 4 is 12.0 Å². The molecule has 0 saturated heterocycles. The molecule has 3 rings (SSSR count). The molecule has 0 heterocycles. The monoisotopic (exact) mass is 434 g/mol. The molecular formula is C27H27FO4. The molecule has 0 radical (unpaired) electrons. The molecule has 2 N–H and O–H groups in total. The summed E-state index contributed by atoms with van der Waals surface area (Å²) in [6.07, 6.45) is 5.97. The maximum atomic E-state index is 13.2. The van der Waals surface area contributed by atoms with E-state index in [-0.39, 0.29) is 18.0 Å². The smallest absolute Gasteiger partial charge is 0.303 e. The molecule has 0 spiro atoms. The fraction of sp³-hybridized carbons (Fsp3) is 0.222. The number of rotatable bonds is 10. The number of aryl methyl sites for hydroxylation is 2. The van der Waals surface area contributed by atoms with E-state index in [0.29, 0.717) is 30.8 Å². The highest BCUT2D eigenvalue weighted by molar-refractivity contribution is 5.72. The lowest BCUT2D eigenvalue weighted by Gasteiger charge is -2.14. The Balaban J connectivity index is 1.63. The Bertz CT molecular complexity index is 1090. The number of aliphatic carboxylic acids is 1. The zero-order chi connectivity index (χ0) is 22.9. The molecule has 0 aliphatic rings. The van der Waals surface area contributed by atoms with Crippen LogP contribution in [0.25, 0.3) is 17.2 Å². The van der Waals surface area contributed by atoms with E-state index in [1.807, 2.05) is 49.4 Å². The number of aromatic hydroxyl groups is 1. The lowest BCUT2D eigenvalue weighted by Crippen LogP contribution is -2.00. The molecule has 0 bridgehead atoms. The van der Waals surface area contributed by atoms with Gasteiger partial charge in [-0.15, -0.1) is 0 Å². The van der Waals surface area contributed by atoms with Crippen molar-refractivity contribution in [2.75, 3.05) is 6.61 Å². The minimum absolute atomic E-state index is 0.0895. The molecule has 5 heteroatoms. The van der Waals surface area contributed by atoms with Gasteiger partial charge in [0.2, 0.25) is 0 Å². The normalized spacial score (nSPS) is 11.1. The fourth-order valence-electron chi connectivity index (χ4n) is 3.50. The van der Waals surface area contributed by atoms with Crippen LogP contribution in [-0.2, 0) is 17.6 Å². The Morgan fingerprint density at radius 1 is 1.06 bits per heavy atom. The predicted molar refractivity (Wildman–Crippen MR) is 124 cm³/mol. The summed E-state index contributed by atoms with van der Waals surface area (Å²) in [5.74, 6) is -0.406. The van der Waals surface area contributed by atoms with Gasteiger partial charge < -0.3 is 14.9 Å². The molecule has 0 unspecified atom stereocenters. The highest BCUT2D eigenvalue weighted by atomic mass is 19.1. The van der Waals surface area contributed by atoms with Crippen molar-refractivity contribution in [3.8, 4) is 22.6 Å². The van der Waals surface area contributed by atoms with Crippen LogP contribution in [0.4, 0.5) is 4.39 Å². The summed E-state index contributed by atoms with van der Waals surface area (Å²) in [5.41, 5.74) is 4.36. The second-order valence-corrected chi connectivity index (χ2v) is 7.47. The van der Waals surface area contributed by atoms with Crippen LogP contribution in [0.1, 0.15) is 36.5 Å². The number of ether oxygens (including phenoxy) is 1. The first-order valence-corrected chi connectivity index (χ1v) is 10.7. The summed E-state index contributed by atoms with van der Waals surface area (Å²) in [5, 5.41) is 19.4. The molecule has 0 aromatic heterocycles. The Hall–Kier alpha value is -3.60. The summed E-state index contributed by atoms with van der Waals surface area (Å²) >= 11 is 0. The van der Waals surface area contributed by atoms with E-state index in [1.54, 1.807) is 18.2 Å². The number of phenolic OH excluding ortho intramolecular Hbond substituents is 1. The average molecular weight is 435 g/mol. The third-order valence-electron chi connectivity index (χ3n) is 5.22. The molecular weight excluding hydrogens is 407 g/mol. The molecule has 0 aliphatic heterocycles. The topological polar surface area (TPSA) is 66.8 Å². The van der Waals surface area contributed by atoms with Crippen molar-refractivity contribution in [3.05, 3.63) is 89.2 Å². The van der Waals surface area contributed by atoms with E-state index in [2.05, 4.69) is 0 Å². The summed E-state index contributed by atoms with van der Waals surface area (Å²) < 4.78 is 19.1. The first kappa shape index (κ1) is 23.1. The van der Waals surface area contributed by atoms with Gasteiger partial charge >= 0.3 is 5.97 Å². The summed E-state index contributed by atoms with van der Waals surface area (Å²) in [4.78, 5) is 10.8. The van der Waals surface area contributed by atoms with Gasteiger partial charge in [-0.1, -0.05) is 55.5 Å². The van der Waals surface area contributed by atoms with E-state index in [1.165, 1.54) is 12.1 Å². The van der Waals surface area contributed by atoms with E-state index in [0.717, 1.165) is 28.7 Å². The van der Waals surface area contributed by atoms with Crippen LogP contribution in [0.3, 0.4) is 0 Å². The van der Waals surface area contributed by atoms with Crippen LogP contribution < -0.4 is 4.74 Å². The lowest BCUT2D eigenvalue weighted by atomic mass is 10.00. The van der Waals surface area contributed by atoms with Crippen molar-refractivity contribution in [1.82, 2.24) is 0 Å². The first-order valence-electron chi connectivity index (χ1n) is 10.7. The third-order valence-corrected chi connectivity index (χ3v) is 5.22. The van der Waals surface area contributed by atoms with Crippen LogP contribution in [0, 0.1) is 5.82 Å².